The topological polar surface area (TPSA) is 57.5 Å². The van der Waals surface area contributed by atoms with Crippen molar-refractivity contribution < 1.29 is 9.47 Å². The molecular formula is C23H25N3O2. The van der Waals surface area contributed by atoms with E-state index >= 15 is 0 Å². The molecule has 144 valence electrons. The van der Waals surface area contributed by atoms with Gasteiger partial charge in [-0.25, -0.2) is 0 Å². The van der Waals surface area contributed by atoms with Crippen LogP contribution in [0.25, 0.3) is 11.1 Å². The summed E-state index contributed by atoms with van der Waals surface area (Å²) in [6, 6.07) is 15.9. The molecule has 28 heavy (non-hydrogen) atoms. The molecule has 2 aromatic rings. The Morgan fingerprint density at radius 2 is 1.68 bits per heavy atom. The minimum absolute atomic E-state index is 0.561. The lowest BCUT2D eigenvalue weighted by molar-refractivity contribution is 0.171. The second kappa shape index (κ2) is 7.37. The van der Waals surface area contributed by atoms with Crippen LogP contribution in [0.5, 0.6) is 11.5 Å². The number of nitrogens with zero attached hydrogens (tertiary/aromatic N) is 2. The molecule has 2 fully saturated rings. The molecule has 0 amide bonds. The number of hydrogen-bond acceptors (Lipinski definition) is 5. The zero-order valence-corrected chi connectivity index (χ0v) is 16.0. The monoisotopic (exact) mass is 375 g/mol. The molecular weight excluding hydrogens is 350 g/mol. The molecule has 1 N–H and O–H groups in total. The van der Waals surface area contributed by atoms with Crippen molar-refractivity contribution in [3.05, 3.63) is 42.0 Å². The van der Waals surface area contributed by atoms with Gasteiger partial charge in [-0.1, -0.05) is 18.2 Å². The second-order valence-electron chi connectivity index (χ2n) is 7.87. The van der Waals surface area contributed by atoms with Crippen LogP contribution < -0.4 is 19.7 Å². The Hall–Kier alpha value is -2.71. The number of hydrogen-bond donors (Lipinski definition) is 1. The van der Waals surface area contributed by atoms with Crippen molar-refractivity contribution in [1.29, 1.82) is 5.26 Å². The van der Waals surface area contributed by atoms with Gasteiger partial charge in [0, 0.05) is 30.7 Å². The van der Waals surface area contributed by atoms with Gasteiger partial charge in [-0.05, 0) is 49.4 Å². The number of nitriles is 1. The van der Waals surface area contributed by atoms with E-state index in [1.54, 1.807) is 0 Å². The number of piperidine rings is 1. The molecule has 2 heterocycles. The highest BCUT2D eigenvalue weighted by Crippen LogP contribution is 2.38. The van der Waals surface area contributed by atoms with Crippen molar-refractivity contribution in [3.8, 4) is 28.7 Å². The van der Waals surface area contributed by atoms with E-state index < -0.39 is 0 Å². The third-order valence-electron chi connectivity index (χ3n) is 5.89. The molecule has 1 saturated carbocycles. The molecule has 3 aliphatic rings. The van der Waals surface area contributed by atoms with Crippen LogP contribution in [0, 0.1) is 11.3 Å². The van der Waals surface area contributed by atoms with E-state index in [0.29, 0.717) is 19.3 Å². The lowest BCUT2D eigenvalue weighted by Gasteiger charge is -2.35. The summed E-state index contributed by atoms with van der Waals surface area (Å²) in [5.74, 6) is 1.53. The number of anilines is 1. The standard InChI is InChI=1S/C23H25N3O2/c24-15-20-19(16-4-7-22-23(14-16)28-13-12-27-22)2-1-3-21(20)26-10-8-18(9-11-26)25-17-5-6-17/h1-4,7,14,17-18,25H,5-6,8-13H2. The van der Waals surface area contributed by atoms with Crippen molar-refractivity contribution in [3.63, 3.8) is 0 Å². The molecule has 0 radical (unpaired) electrons. The van der Waals surface area contributed by atoms with Gasteiger partial charge in [-0.3, -0.25) is 0 Å². The van der Waals surface area contributed by atoms with Gasteiger partial charge in [-0.15, -0.1) is 0 Å². The molecule has 0 spiro atoms. The molecule has 5 rings (SSSR count). The Morgan fingerprint density at radius 3 is 2.43 bits per heavy atom. The lowest BCUT2D eigenvalue weighted by Crippen LogP contribution is -2.43. The van der Waals surface area contributed by atoms with Crippen molar-refractivity contribution in [2.75, 3.05) is 31.2 Å². The molecule has 2 aliphatic heterocycles. The summed E-state index contributed by atoms with van der Waals surface area (Å²) in [6.45, 7) is 3.12. The molecule has 1 saturated heterocycles. The third-order valence-corrected chi connectivity index (χ3v) is 5.89. The highest BCUT2D eigenvalue weighted by molar-refractivity contribution is 5.79. The SMILES string of the molecule is N#Cc1c(-c2ccc3c(c2)OCCO3)cccc1N1CCC(NC2CC2)CC1. The summed E-state index contributed by atoms with van der Waals surface area (Å²) < 4.78 is 11.4. The van der Waals surface area contributed by atoms with Gasteiger partial charge in [0.05, 0.1) is 11.3 Å². The van der Waals surface area contributed by atoms with E-state index in [0.717, 1.165) is 65.8 Å². The molecule has 5 heteroatoms. The van der Waals surface area contributed by atoms with E-state index in [9.17, 15) is 5.26 Å². The fraction of sp³-hybridized carbons (Fsp3) is 0.435. The van der Waals surface area contributed by atoms with E-state index in [1.165, 1.54) is 12.8 Å². The van der Waals surface area contributed by atoms with Gasteiger partial charge in [-0.2, -0.15) is 5.26 Å². The highest BCUT2D eigenvalue weighted by atomic mass is 16.6. The normalized spacial score (nSPS) is 19.3. The number of ether oxygens (including phenoxy) is 2. The Kier molecular flexibility index (Phi) is 4.58. The fourth-order valence-corrected chi connectivity index (χ4v) is 4.24. The first kappa shape index (κ1) is 17.4. The van der Waals surface area contributed by atoms with Crippen molar-refractivity contribution in [2.45, 2.75) is 37.8 Å². The van der Waals surface area contributed by atoms with Crippen LogP contribution in [0.1, 0.15) is 31.2 Å². The number of rotatable bonds is 4. The Morgan fingerprint density at radius 1 is 0.929 bits per heavy atom. The zero-order chi connectivity index (χ0) is 18.9. The summed E-state index contributed by atoms with van der Waals surface area (Å²) in [5.41, 5.74) is 3.73. The summed E-state index contributed by atoms with van der Waals surface area (Å²) in [4.78, 5) is 2.37. The molecule has 0 unspecified atom stereocenters. The summed E-state index contributed by atoms with van der Waals surface area (Å²) in [7, 11) is 0. The molecule has 0 bridgehead atoms. The van der Waals surface area contributed by atoms with Gasteiger partial charge >= 0.3 is 0 Å². The van der Waals surface area contributed by atoms with Gasteiger partial charge in [0.15, 0.2) is 11.5 Å². The Balaban J connectivity index is 1.41. The van der Waals surface area contributed by atoms with Gasteiger partial charge in [0.1, 0.15) is 19.3 Å². The van der Waals surface area contributed by atoms with Crippen LogP contribution in [0.2, 0.25) is 0 Å². The molecule has 1 aliphatic carbocycles. The number of benzene rings is 2. The van der Waals surface area contributed by atoms with Crippen LogP contribution in [0.4, 0.5) is 5.69 Å². The first-order valence-corrected chi connectivity index (χ1v) is 10.3. The van der Waals surface area contributed by atoms with Crippen LogP contribution >= 0.6 is 0 Å². The zero-order valence-electron chi connectivity index (χ0n) is 16.0. The van der Waals surface area contributed by atoms with Crippen LogP contribution in [0.15, 0.2) is 36.4 Å². The maximum Gasteiger partial charge on any atom is 0.161 e. The molecule has 0 atom stereocenters. The Bertz CT molecular complexity index is 909. The minimum Gasteiger partial charge on any atom is -0.486 e. The molecule has 0 aromatic heterocycles. The minimum atomic E-state index is 0.561. The molecule has 2 aromatic carbocycles. The predicted molar refractivity (Wildman–Crippen MR) is 109 cm³/mol. The maximum absolute atomic E-state index is 9.96. The Labute approximate surface area is 165 Å². The largest absolute Gasteiger partial charge is 0.486 e. The summed E-state index contributed by atoms with van der Waals surface area (Å²) >= 11 is 0. The average molecular weight is 375 g/mol. The van der Waals surface area contributed by atoms with Gasteiger partial charge in [0.2, 0.25) is 0 Å². The quantitative estimate of drug-likeness (QED) is 0.883. The first-order valence-electron chi connectivity index (χ1n) is 10.3. The smallest absolute Gasteiger partial charge is 0.161 e. The van der Waals surface area contributed by atoms with Gasteiger partial charge < -0.3 is 19.7 Å². The highest BCUT2D eigenvalue weighted by Gasteiger charge is 2.28. The average Bonchev–Trinajstić information content (AvgIpc) is 3.57. The second-order valence-corrected chi connectivity index (χ2v) is 7.87. The first-order chi connectivity index (χ1) is 13.8. The van der Waals surface area contributed by atoms with Crippen LogP contribution in [0.3, 0.4) is 0 Å². The molecule has 5 nitrogen and oxygen atoms in total. The van der Waals surface area contributed by atoms with Crippen molar-refractivity contribution in [1.82, 2.24) is 5.32 Å². The van der Waals surface area contributed by atoms with E-state index in [4.69, 9.17) is 9.47 Å². The van der Waals surface area contributed by atoms with Crippen LogP contribution in [-0.2, 0) is 0 Å². The van der Waals surface area contributed by atoms with E-state index in [1.807, 2.05) is 24.3 Å². The number of fused-ring (bicyclic) bond motifs is 1. The van der Waals surface area contributed by atoms with E-state index in [2.05, 4.69) is 28.4 Å². The maximum atomic E-state index is 9.96. The fourth-order valence-electron chi connectivity index (χ4n) is 4.24. The predicted octanol–water partition coefficient (Wildman–Crippen LogP) is 3.72. The summed E-state index contributed by atoms with van der Waals surface area (Å²) in [5, 5.41) is 13.7. The van der Waals surface area contributed by atoms with Crippen molar-refractivity contribution in [2.24, 2.45) is 0 Å². The lowest BCUT2D eigenvalue weighted by atomic mass is 9.96. The number of nitrogens with one attached hydrogen (secondary N) is 1. The summed E-state index contributed by atoms with van der Waals surface area (Å²) in [6.07, 6.45) is 4.93. The van der Waals surface area contributed by atoms with Crippen LogP contribution in [-0.4, -0.2) is 38.4 Å². The van der Waals surface area contributed by atoms with E-state index in [-0.39, 0.29) is 0 Å². The van der Waals surface area contributed by atoms with Gasteiger partial charge in [0.25, 0.3) is 0 Å². The van der Waals surface area contributed by atoms with Crippen molar-refractivity contribution >= 4 is 5.69 Å². The third kappa shape index (κ3) is 3.41.